The van der Waals surface area contributed by atoms with Gasteiger partial charge in [0.1, 0.15) is 70.4 Å². The molecule has 3 aromatic carbocycles. The van der Waals surface area contributed by atoms with Crippen molar-refractivity contribution in [2.45, 2.75) is 41.3 Å². The number of carboxylic acid groups (broad SMARTS) is 2. The number of rotatable bonds is 16. The summed E-state index contributed by atoms with van der Waals surface area (Å²) >= 11 is 16.5. The molecule has 394 valence electrons. The molecule has 6 atom stereocenters. The number of benzene rings is 3. The second kappa shape index (κ2) is 20.5. The van der Waals surface area contributed by atoms with Crippen molar-refractivity contribution in [1.82, 2.24) is 20.4 Å². The Morgan fingerprint density at radius 1 is 0.688 bits per heavy atom. The molecule has 2 saturated heterocycles. The predicted octanol–water partition coefficient (Wildman–Crippen LogP) is 5.55. The van der Waals surface area contributed by atoms with Gasteiger partial charge in [-0.3, -0.25) is 37.4 Å². The lowest BCUT2D eigenvalue weighted by Gasteiger charge is -2.48. The van der Waals surface area contributed by atoms with Crippen LogP contribution in [0.25, 0.3) is 0 Å². The van der Waals surface area contributed by atoms with Crippen LogP contribution in [0, 0.1) is 0 Å². The lowest BCUT2D eigenvalue weighted by molar-refractivity contribution is -0.150. The van der Waals surface area contributed by atoms with E-state index in [4.69, 9.17) is 42.1 Å². The highest BCUT2D eigenvalue weighted by Gasteiger charge is 2.59. The van der Waals surface area contributed by atoms with Crippen LogP contribution in [0.3, 0.4) is 0 Å². The number of allylic oxidation sites excluding steroid dienone is 2. The minimum Gasteiger partial charge on any atom is -0.488 e. The van der Waals surface area contributed by atoms with Gasteiger partial charge in [-0.05, 0) is 64.4 Å². The largest absolute Gasteiger partial charge is 0.488 e. The lowest BCUT2D eigenvalue weighted by atomic mass is 9.77. The van der Waals surface area contributed by atoms with Crippen LogP contribution in [0.4, 0.5) is 0 Å². The molecule has 1 spiro atoms. The fourth-order valence-electron chi connectivity index (χ4n) is 10.0. The molecule has 0 saturated carbocycles. The van der Waals surface area contributed by atoms with E-state index in [0.29, 0.717) is 16.7 Å². The Hall–Kier alpha value is -7.41. The summed E-state index contributed by atoms with van der Waals surface area (Å²) in [5.41, 5.74) is -0.813. The Balaban J connectivity index is 0.811. The molecule has 4 amide bonds. The Bertz CT molecular complexity index is 3380. The minimum atomic E-state index is -1.78. The van der Waals surface area contributed by atoms with Gasteiger partial charge in [0.2, 0.25) is 11.8 Å². The van der Waals surface area contributed by atoms with Gasteiger partial charge in [-0.2, -0.15) is 0 Å². The number of nitrogens with one attached hydrogen (secondary N) is 2. The number of β-lactam (4-membered cyclic amide) rings is 2. The fourth-order valence-corrected chi connectivity index (χ4v) is 15.1. The second-order valence-corrected chi connectivity index (χ2v) is 23.9. The highest BCUT2D eigenvalue weighted by molar-refractivity contribution is 7.86. The average molecular weight is 1160 g/mol. The molecule has 0 bridgehead atoms. The molecule has 8 heterocycles. The number of aliphatic carboxylic acids is 2. The SMILES string of the molecule is O=C(Cc1cccs1)NC1C(=O)N2C(C(=O)O)=C(C=CCOc3cc4c(cc3Cl)C3(OC(=O)c5ccccc53)c3cc(Cl)c(OCC=CC5=C(C(=O)O)N6C(=O)C(NC(=O)Cc7cccs7)C6S(=O)C5)cc3O4)CS(=O)C12. The van der Waals surface area contributed by atoms with Crippen molar-refractivity contribution in [3.63, 3.8) is 0 Å². The van der Waals surface area contributed by atoms with Gasteiger partial charge in [0, 0.05) is 38.6 Å². The van der Waals surface area contributed by atoms with E-state index in [-0.39, 0.29) is 98.7 Å². The number of esters is 1. The molecule has 0 radical (unpaired) electrons. The number of hydrogen-bond donors (Lipinski definition) is 4. The maximum absolute atomic E-state index is 13.6. The minimum absolute atomic E-state index is 0.0126. The van der Waals surface area contributed by atoms with Crippen molar-refractivity contribution < 1.29 is 71.1 Å². The standard InChI is InChI=1S/C52H38Cl2N4O15S4/c53-33-19-31-35(21-37(33)70-13-3-7-25-23-76(68)47-41(45(61)57(47)43(25)49(63)64)55-39(59)17-27-9-5-15-74-27)72-36-22-38(34(54)20-32(36)52(31)30-12-2-1-11-29(30)51(67)73-52)71-14-4-8-26-24-77(69)48-42(46(62)58(48)44(26)50(65)66)56-40(60)18-28-10-6-16-75-28/h1-12,15-16,19-22,41-42,47-48H,13-14,17-18,23-24H2,(H,55,59)(H,56,60)(H,63,64)(H,65,66). The molecule has 6 aliphatic heterocycles. The molecule has 2 aromatic heterocycles. The van der Waals surface area contributed by atoms with Crippen molar-refractivity contribution in [2.24, 2.45) is 0 Å². The van der Waals surface area contributed by atoms with Crippen LogP contribution in [-0.2, 0) is 73.5 Å². The second-order valence-electron chi connectivity index (χ2n) is 17.9. The summed E-state index contributed by atoms with van der Waals surface area (Å²) in [4.78, 5) is 94.0. The number of ether oxygens (including phenoxy) is 4. The summed E-state index contributed by atoms with van der Waals surface area (Å²) in [5.74, 6) is -5.75. The van der Waals surface area contributed by atoms with Gasteiger partial charge in [0.05, 0.1) is 61.6 Å². The molecule has 5 aromatic rings. The number of hydrogen-bond acceptors (Lipinski definition) is 15. The first-order valence-electron chi connectivity index (χ1n) is 23.3. The predicted molar refractivity (Wildman–Crippen MR) is 281 cm³/mol. The van der Waals surface area contributed by atoms with Crippen LogP contribution < -0.4 is 24.8 Å². The number of halogens is 2. The maximum atomic E-state index is 13.6. The Labute approximate surface area is 459 Å². The Morgan fingerprint density at radius 2 is 1.16 bits per heavy atom. The van der Waals surface area contributed by atoms with Crippen LogP contribution in [0.15, 0.2) is 130 Å². The smallest absolute Gasteiger partial charge is 0.352 e. The number of nitrogens with zero attached hydrogens (tertiary/aromatic N) is 2. The fraction of sp³-hybridized carbons (Fsp3) is 0.212. The van der Waals surface area contributed by atoms with E-state index in [2.05, 4.69) is 10.6 Å². The van der Waals surface area contributed by atoms with Crippen LogP contribution >= 0.6 is 45.9 Å². The van der Waals surface area contributed by atoms with Crippen molar-refractivity contribution in [3.05, 3.63) is 172 Å². The third kappa shape index (κ3) is 9.12. The summed E-state index contributed by atoms with van der Waals surface area (Å²) in [6, 6.07) is 17.6. The summed E-state index contributed by atoms with van der Waals surface area (Å²) in [6.07, 6.45) is 5.73. The van der Waals surface area contributed by atoms with Crippen LogP contribution in [0.1, 0.15) is 36.8 Å². The normalized spacial score (nSPS) is 23.8. The van der Waals surface area contributed by atoms with E-state index < -0.39 is 91.6 Å². The van der Waals surface area contributed by atoms with Crippen molar-refractivity contribution in [2.75, 3.05) is 24.7 Å². The molecule has 25 heteroatoms. The molecule has 0 aliphatic carbocycles. The number of carboxylic acids is 2. The molecule has 11 rings (SSSR count). The third-order valence-electron chi connectivity index (χ3n) is 13.3. The van der Waals surface area contributed by atoms with Crippen molar-refractivity contribution >= 4 is 109 Å². The van der Waals surface area contributed by atoms with Crippen LogP contribution in [0.2, 0.25) is 10.0 Å². The molecule has 6 unspecified atom stereocenters. The molecule has 77 heavy (non-hydrogen) atoms. The molecule has 6 aliphatic rings. The quantitative estimate of drug-likeness (QED) is 0.0698. The van der Waals surface area contributed by atoms with Gasteiger partial charge >= 0.3 is 17.9 Å². The van der Waals surface area contributed by atoms with E-state index in [0.717, 1.165) is 19.6 Å². The van der Waals surface area contributed by atoms with Gasteiger partial charge in [0.15, 0.2) is 5.60 Å². The molecule has 19 nitrogen and oxygen atoms in total. The molecule has 4 N–H and O–H groups in total. The number of thiophene rings is 2. The first-order chi connectivity index (χ1) is 37.0. The number of carbonyl (C=O) groups excluding carboxylic acids is 5. The number of carbonyl (C=O) groups is 7. The topological polar surface area (TPSA) is 262 Å². The van der Waals surface area contributed by atoms with Gasteiger partial charge < -0.3 is 39.8 Å². The molecule has 2 fully saturated rings. The van der Waals surface area contributed by atoms with E-state index in [1.165, 1.54) is 71.2 Å². The van der Waals surface area contributed by atoms with Crippen molar-refractivity contribution in [3.8, 4) is 23.0 Å². The Morgan fingerprint density at radius 3 is 1.60 bits per heavy atom. The Kier molecular flexibility index (Phi) is 13.8. The summed E-state index contributed by atoms with van der Waals surface area (Å²) < 4.78 is 51.7. The van der Waals surface area contributed by atoms with Gasteiger partial charge in [-0.1, -0.05) is 65.7 Å². The zero-order valence-electron chi connectivity index (χ0n) is 39.4. The zero-order chi connectivity index (χ0) is 54.0. The van der Waals surface area contributed by atoms with E-state index in [1.807, 2.05) is 10.8 Å². The average Bonchev–Trinajstić information content (AvgIpc) is 4.39. The van der Waals surface area contributed by atoms with E-state index in [9.17, 15) is 52.2 Å². The van der Waals surface area contributed by atoms with Crippen molar-refractivity contribution in [1.29, 1.82) is 0 Å². The van der Waals surface area contributed by atoms with E-state index in [1.54, 1.807) is 48.5 Å². The molecular weight excluding hydrogens is 1120 g/mol. The lowest BCUT2D eigenvalue weighted by Crippen LogP contribution is -2.73. The highest BCUT2D eigenvalue weighted by Crippen LogP contribution is 2.59. The summed E-state index contributed by atoms with van der Waals surface area (Å²) in [5, 5.41) is 27.3. The van der Waals surface area contributed by atoms with Crippen LogP contribution in [0.5, 0.6) is 23.0 Å². The number of fused-ring (bicyclic) bond motifs is 8. The summed E-state index contributed by atoms with van der Waals surface area (Å²) in [7, 11) is -3.55. The zero-order valence-corrected chi connectivity index (χ0v) is 44.2. The van der Waals surface area contributed by atoms with E-state index >= 15 is 0 Å². The monoisotopic (exact) mass is 1160 g/mol. The van der Waals surface area contributed by atoms with Gasteiger partial charge in [-0.25, -0.2) is 14.4 Å². The van der Waals surface area contributed by atoms with Gasteiger partial charge in [-0.15, -0.1) is 22.7 Å². The van der Waals surface area contributed by atoms with Gasteiger partial charge in [0.25, 0.3) is 11.8 Å². The third-order valence-corrected chi connectivity index (χ3v) is 18.9. The first kappa shape index (κ1) is 51.7. The molecular formula is C52H38Cl2N4O15S4. The summed E-state index contributed by atoms with van der Waals surface area (Å²) in [6.45, 7) is -0.405. The highest BCUT2D eigenvalue weighted by atomic mass is 35.5. The van der Waals surface area contributed by atoms with Crippen LogP contribution in [-0.4, -0.2) is 118 Å². The first-order valence-corrected chi connectivity index (χ1v) is 28.6. The number of amides is 4. The maximum Gasteiger partial charge on any atom is 0.352 e.